The zero-order valence-electron chi connectivity index (χ0n) is 13.1. The first-order chi connectivity index (χ1) is 11.1. The molecule has 8 heteroatoms. The maximum absolute atomic E-state index is 10.00. The van der Waals surface area contributed by atoms with Gasteiger partial charge in [0, 0.05) is 18.1 Å². The first-order valence-corrected chi connectivity index (χ1v) is 7.34. The van der Waals surface area contributed by atoms with Crippen LogP contribution in [0, 0.1) is 0 Å². The summed E-state index contributed by atoms with van der Waals surface area (Å²) in [5.74, 6) is 1.79. The number of ether oxygens (including phenoxy) is 3. The third kappa shape index (κ3) is 3.08. The van der Waals surface area contributed by atoms with Gasteiger partial charge in [-0.1, -0.05) is 0 Å². The molecule has 23 heavy (non-hydrogen) atoms. The highest BCUT2D eigenvalue weighted by molar-refractivity contribution is 5.91. The maximum Gasteiger partial charge on any atom is 0.225 e. The molecule has 1 aliphatic rings. The Kier molecular flexibility index (Phi) is 4.35. The Morgan fingerprint density at radius 2 is 2.00 bits per heavy atom. The molecule has 124 valence electrons. The van der Waals surface area contributed by atoms with E-state index in [-0.39, 0.29) is 6.04 Å². The Morgan fingerprint density at radius 3 is 2.70 bits per heavy atom. The Morgan fingerprint density at radius 1 is 1.26 bits per heavy atom. The lowest BCUT2D eigenvalue weighted by molar-refractivity contribution is 0.00294. The van der Waals surface area contributed by atoms with Crippen molar-refractivity contribution in [2.75, 3.05) is 38.5 Å². The van der Waals surface area contributed by atoms with Crippen molar-refractivity contribution in [1.29, 1.82) is 0 Å². The summed E-state index contributed by atoms with van der Waals surface area (Å²) in [5, 5.41) is 13.8. The number of benzene rings is 1. The molecule has 2 atom stereocenters. The zero-order chi connectivity index (χ0) is 16.4. The normalized spacial score (nSPS) is 21.2. The number of nitrogens with one attached hydrogen (secondary N) is 1. The highest BCUT2D eigenvalue weighted by Crippen LogP contribution is 2.33. The molecule has 0 spiro atoms. The molecule has 1 aromatic heterocycles. The van der Waals surface area contributed by atoms with Gasteiger partial charge in [-0.05, 0) is 12.5 Å². The van der Waals surface area contributed by atoms with Crippen LogP contribution in [0.5, 0.6) is 11.5 Å². The molecule has 3 rings (SSSR count). The van der Waals surface area contributed by atoms with E-state index >= 15 is 0 Å². The minimum atomic E-state index is -0.505. The number of aliphatic hydroxyl groups excluding tert-OH is 1. The molecule has 1 fully saturated rings. The lowest BCUT2D eigenvalue weighted by Crippen LogP contribution is -2.42. The van der Waals surface area contributed by atoms with E-state index in [0.717, 1.165) is 0 Å². The van der Waals surface area contributed by atoms with Gasteiger partial charge in [0.05, 0.1) is 38.5 Å². The van der Waals surface area contributed by atoms with Crippen molar-refractivity contribution >= 4 is 22.7 Å². The minimum Gasteiger partial charge on any atom is -0.493 e. The van der Waals surface area contributed by atoms with Crippen molar-refractivity contribution in [3.8, 4) is 11.5 Å². The van der Waals surface area contributed by atoms with Crippen molar-refractivity contribution in [3.05, 3.63) is 12.1 Å². The van der Waals surface area contributed by atoms with E-state index in [9.17, 15) is 5.11 Å². The Labute approximate surface area is 133 Å². The van der Waals surface area contributed by atoms with Gasteiger partial charge in [-0.15, -0.1) is 0 Å². The largest absolute Gasteiger partial charge is 0.493 e. The fourth-order valence-corrected chi connectivity index (χ4v) is 2.57. The molecular formula is C15H20N4O4. The summed E-state index contributed by atoms with van der Waals surface area (Å²) in [6.07, 6.45) is 0.0702. The fourth-order valence-electron chi connectivity index (χ4n) is 2.57. The number of rotatable bonds is 4. The van der Waals surface area contributed by atoms with Crippen LogP contribution >= 0.6 is 0 Å². The number of hydrogen-bond acceptors (Lipinski definition) is 8. The van der Waals surface area contributed by atoms with Crippen LogP contribution in [0.15, 0.2) is 12.1 Å². The lowest BCUT2D eigenvalue weighted by Gasteiger charge is -2.28. The van der Waals surface area contributed by atoms with Gasteiger partial charge in [-0.2, -0.15) is 4.98 Å². The van der Waals surface area contributed by atoms with Crippen LogP contribution < -0.4 is 20.5 Å². The molecule has 0 aliphatic carbocycles. The SMILES string of the molecule is COc1cc2nc(N[C@@H]3COCC[C@H]3O)nc(N)c2cc1OC. The molecule has 4 N–H and O–H groups in total. The van der Waals surface area contributed by atoms with Crippen LogP contribution in [-0.4, -0.2) is 54.7 Å². The summed E-state index contributed by atoms with van der Waals surface area (Å²) < 4.78 is 15.9. The van der Waals surface area contributed by atoms with Crippen molar-refractivity contribution < 1.29 is 19.3 Å². The number of nitrogens with two attached hydrogens (primary N) is 1. The molecule has 8 nitrogen and oxygen atoms in total. The average Bonchev–Trinajstić information content (AvgIpc) is 2.56. The molecule has 0 bridgehead atoms. The second-order valence-electron chi connectivity index (χ2n) is 5.34. The van der Waals surface area contributed by atoms with Gasteiger partial charge in [0.2, 0.25) is 5.95 Å². The van der Waals surface area contributed by atoms with Gasteiger partial charge in [-0.25, -0.2) is 4.98 Å². The number of fused-ring (bicyclic) bond motifs is 1. The fraction of sp³-hybridized carbons (Fsp3) is 0.467. The van der Waals surface area contributed by atoms with Gasteiger partial charge in [0.15, 0.2) is 11.5 Å². The van der Waals surface area contributed by atoms with E-state index in [0.29, 0.717) is 53.8 Å². The van der Waals surface area contributed by atoms with Gasteiger partial charge < -0.3 is 30.4 Å². The average molecular weight is 320 g/mol. The number of aromatic nitrogens is 2. The van der Waals surface area contributed by atoms with E-state index < -0.39 is 6.10 Å². The summed E-state index contributed by atoms with van der Waals surface area (Å²) in [7, 11) is 3.12. The molecule has 1 aliphatic heterocycles. The van der Waals surface area contributed by atoms with Crippen LogP contribution in [0.4, 0.5) is 11.8 Å². The molecular weight excluding hydrogens is 300 g/mol. The number of hydrogen-bond donors (Lipinski definition) is 3. The third-order valence-corrected chi connectivity index (χ3v) is 3.86. The predicted octanol–water partition coefficient (Wildman–Crippen LogP) is 0.791. The van der Waals surface area contributed by atoms with Crippen molar-refractivity contribution in [2.24, 2.45) is 0 Å². The molecule has 0 saturated carbocycles. The molecule has 0 amide bonds. The summed E-state index contributed by atoms with van der Waals surface area (Å²) >= 11 is 0. The van der Waals surface area contributed by atoms with Crippen LogP contribution in [0.25, 0.3) is 10.9 Å². The van der Waals surface area contributed by atoms with Gasteiger partial charge in [0.1, 0.15) is 5.82 Å². The zero-order valence-corrected chi connectivity index (χ0v) is 13.1. The second-order valence-corrected chi connectivity index (χ2v) is 5.34. The topological polar surface area (TPSA) is 112 Å². The van der Waals surface area contributed by atoms with Gasteiger partial charge >= 0.3 is 0 Å². The minimum absolute atomic E-state index is 0.263. The number of nitrogens with zero attached hydrogens (tertiary/aromatic N) is 2. The van der Waals surface area contributed by atoms with Crippen molar-refractivity contribution in [2.45, 2.75) is 18.6 Å². The second kappa shape index (κ2) is 6.43. The lowest BCUT2D eigenvalue weighted by atomic mass is 10.1. The highest BCUT2D eigenvalue weighted by Gasteiger charge is 2.24. The van der Waals surface area contributed by atoms with E-state index in [1.807, 2.05) is 0 Å². The first kappa shape index (κ1) is 15.6. The Bertz CT molecular complexity index is 709. The monoisotopic (exact) mass is 320 g/mol. The van der Waals surface area contributed by atoms with Gasteiger partial charge in [0.25, 0.3) is 0 Å². The molecule has 1 aromatic carbocycles. The molecule has 0 radical (unpaired) electrons. The Hall–Kier alpha value is -2.32. The summed E-state index contributed by atoms with van der Waals surface area (Å²) in [6.45, 7) is 0.950. The summed E-state index contributed by atoms with van der Waals surface area (Å²) in [4.78, 5) is 8.70. The molecule has 0 unspecified atom stereocenters. The van der Waals surface area contributed by atoms with E-state index in [1.54, 1.807) is 26.4 Å². The summed E-state index contributed by atoms with van der Waals surface area (Å²) in [5.41, 5.74) is 6.66. The van der Waals surface area contributed by atoms with E-state index in [1.165, 1.54) is 0 Å². The van der Waals surface area contributed by atoms with Crippen LogP contribution in [0.2, 0.25) is 0 Å². The number of nitrogen functional groups attached to an aromatic ring is 1. The van der Waals surface area contributed by atoms with Gasteiger partial charge in [-0.3, -0.25) is 0 Å². The maximum atomic E-state index is 10.00. The van der Waals surface area contributed by atoms with E-state index in [4.69, 9.17) is 19.9 Å². The predicted molar refractivity (Wildman–Crippen MR) is 85.9 cm³/mol. The van der Waals surface area contributed by atoms with Crippen LogP contribution in [0.3, 0.4) is 0 Å². The third-order valence-electron chi connectivity index (χ3n) is 3.86. The van der Waals surface area contributed by atoms with Crippen molar-refractivity contribution in [3.63, 3.8) is 0 Å². The Balaban J connectivity index is 1.96. The quantitative estimate of drug-likeness (QED) is 0.758. The first-order valence-electron chi connectivity index (χ1n) is 7.34. The number of anilines is 2. The van der Waals surface area contributed by atoms with Crippen molar-refractivity contribution in [1.82, 2.24) is 9.97 Å². The highest BCUT2D eigenvalue weighted by atomic mass is 16.5. The summed E-state index contributed by atoms with van der Waals surface area (Å²) in [6, 6.07) is 3.22. The van der Waals surface area contributed by atoms with Crippen LogP contribution in [-0.2, 0) is 4.74 Å². The smallest absolute Gasteiger partial charge is 0.225 e. The molecule has 2 heterocycles. The number of aliphatic hydroxyl groups is 1. The molecule has 2 aromatic rings. The standard InChI is InChI=1S/C15H20N4O4/c1-21-12-5-8-9(6-13(12)22-2)17-15(19-14(8)16)18-10-7-23-4-3-11(10)20/h5-6,10-11,20H,3-4,7H2,1-2H3,(H3,16,17,18,19)/t10-,11-/m1/s1. The number of methoxy groups -OCH3 is 2. The molecule has 1 saturated heterocycles. The van der Waals surface area contributed by atoms with E-state index in [2.05, 4.69) is 15.3 Å². The van der Waals surface area contributed by atoms with Crippen LogP contribution in [0.1, 0.15) is 6.42 Å².